The first kappa shape index (κ1) is 11.4. The van der Waals surface area contributed by atoms with Crippen molar-refractivity contribution in [3.63, 3.8) is 0 Å². The van der Waals surface area contributed by atoms with Crippen LogP contribution < -0.4 is 0 Å². The van der Waals surface area contributed by atoms with Crippen LogP contribution in [0.4, 0.5) is 0 Å². The van der Waals surface area contributed by atoms with E-state index in [-0.39, 0.29) is 11.2 Å². The van der Waals surface area contributed by atoms with Gasteiger partial charge >= 0.3 is 0 Å². The van der Waals surface area contributed by atoms with E-state index in [4.69, 9.17) is 9.47 Å². The van der Waals surface area contributed by atoms with E-state index in [1.54, 1.807) is 0 Å². The lowest BCUT2D eigenvalue weighted by Gasteiger charge is -2.38. The van der Waals surface area contributed by atoms with E-state index >= 15 is 0 Å². The van der Waals surface area contributed by atoms with Crippen LogP contribution in [0.15, 0.2) is 0 Å². The summed E-state index contributed by atoms with van der Waals surface area (Å²) in [5.41, 5.74) is 0.228. The van der Waals surface area contributed by atoms with Crippen molar-refractivity contribution in [3.05, 3.63) is 0 Å². The van der Waals surface area contributed by atoms with Gasteiger partial charge in [0.1, 0.15) is 0 Å². The maximum atomic E-state index is 6.02. The fraction of sp³-hybridized carbons (Fsp3) is 1.00. The molecular weight excluding hydrogens is 188 g/mol. The summed E-state index contributed by atoms with van der Waals surface area (Å²) in [6.07, 6.45) is 4.44. The van der Waals surface area contributed by atoms with E-state index in [2.05, 4.69) is 34.6 Å². The van der Waals surface area contributed by atoms with Gasteiger partial charge in [-0.15, -0.1) is 0 Å². The zero-order chi connectivity index (χ0) is 11.3. The minimum Gasteiger partial charge on any atom is -0.373 e. The zero-order valence-corrected chi connectivity index (χ0v) is 10.7. The van der Waals surface area contributed by atoms with Crippen LogP contribution in [0.25, 0.3) is 0 Å². The topological polar surface area (TPSA) is 21.8 Å². The smallest absolute Gasteiger partial charge is 0.0920 e. The molecule has 0 aromatic heterocycles. The Hall–Kier alpha value is -0.0800. The average Bonchev–Trinajstić information content (AvgIpc) is 2.72. The Bertz CT molecular complexity index is 247. The quantitative estimate of drug-likeness (QED) is 0.670. The molecule has 3 atom stereocenters. The first-order valence-corrected chi connectivity index (χ1v) is 6.19. The van der Waals surface area contributed by atoms with Crippen molar-refractivity contribution in [1.29, 1.82) is 0 Å². The van der Waals surface area contributed by atoms with Gasteiger partial charge in [-0.1, -0.05) is 0 Å². The number of hydrogen-bond acceptors (Lipinski definition) is 2. The molecule has 15 heavy (non-hydrogen) atoms. The Morgan fingerprint density at radius 1 is 1.40 bits per heavy atom. The lowest BCUT2D eigenvalue weighted by molar-refractivity contribution is -0.0994. The fourth-order valence-corrected chi connectivity index (χ4v) is 2.98. The lowest BCUT2D eigenvalue weighted by atomic mass is 9.75. The average molecular weight is 212 g/mol. The van der Waals surface area contributed by atoms with Crippen molar-refractivity contribution in [1.82, 2.24) is 0 Å². The van der Waals surface area contributed by atoms with E-state index in [0.29, 0.717) is 18.1 Å². The minimum absolute atomic E-state index is 0.00144. The van der Waals surface area contributed by atoms with Crippen LogP contribution in [0, 0.1) is 5.92 Å². The van der Waals surface area contributed by atoms with Gasteiger partial charge < -0.3 is 9.47 Å². The summed E-state index contributed by atoms with van der Waals surface area (Å²) in [5.74, 6) is 0.653. The van der Waals surface area contributed by atoms with Gasteiger partial charge in [-0.05, 0) is 59.8 Å². The monoisotopic (exact) mass is 212 g/mol. The summed E-state index contributed by atoms with van der Waals surface area (Å²) in [6, 6.07) is 0. The molecule has 0 aromatic rings. The van der Waals surface area contributed by atoms with Crippen LogP contribution in [0.2, 0.25) is 0 Å². The molecule has 3 unspecified atom stereocenters. The second kappa shape index (κ2) is 3.46. The molecule has 0 spiro atoms. The molecule has 2 fully saturated rings. The molecule has 1 saturated carbocycles. The predicted octanol–water partition coefficient (Wildman–Crippen LogP) is 3.15. The molecule has 1 aliphatic heterocycles. The van der Waals surface area contributed by atoms with Crippen molar-refractivity contribution >= 4 is 0 Å². The van der Waals surface area contributed by atoms with E-state index in [9.17, 15) is 0 Å². The van der Waals surface area contributed by atoms with Crippen molar-refractivity contribution in [2.24, 2.45) is 5.92 Å². The number of fused-ring (bicyclic) bond motifs is 1. The molecular formula is C13H24O2. The van der Waals surface area contributed by atoms with Crippen LogP contribution in [0.1, 0.15) is 53.9 Å². The standard InChI is InChI=1S/C13H24O2/c1-9(2)14-12(3,4)10-6-7-13(5)11(8-10)15-13/h9-11H,6-8H2,1-5H3. The molecule has 1 saturated heterocycles. The molecule has 0 aromatic carbocycles. The van der Waals surface area contributed by atoms with Gasteiger partial charge in [0.05, 0.1) is 23.4 Å². The van der Waals surface area contributed by atoms with Gasteiger partial charge in [0, 0.05) is 0 Å². The SMILES string of the molecule is CC(C)OC(C)(C)C1CCC2(C)OC2C1. The van der Waals surface area contributed by atoms with Crippen molar-refractivity contribution in [2.75, 3.05) is 0 Å². The maximum absolute atomic E-state index is 6.02. The molecule has 0 amide bonds. The van der Waals surface area contributed by atoms with Crippen molar-refractivity contribution in [2.45, 2.75) is 77.3 Å². The van der Waals surface area contributed by atoms with Gasteiger partial charge in [0.25, 0.3) is 0 Å². The predicted molar refractivity (Wildman–Crippen MR) is 60.9 cm³/mol. The summed E-state index contributed by atoms with van der Waals surface area (Å²) in [5, 5.41) is 0. The van der Waals surface area contributed by atoms with Gasteiger partial charge in [-0.3, -0.25) is 0 Å². The second-order valence-electron chi connectivity index (χ2n) is 6.16. The largest absolute Gasteiger partial charge is 0.373 e. The highest BCUT2D eigenvalue weighted by Crippen LogP contribution is 2.51. The molecule has 0 N–H and O–H groups in total. The van der Waals surface area contributed by atoms with Crippen LogP contribution in [-0.4, -0.2) is 23.4 Å². The third-order valence-electron chi connectivity index (χ3n) is 4.05. The summed E-state index contributed by atoms with van der Waals surface area (Å²) in [7, 11) is 0. The van der Waals surface area contributed by atoms with Crippen molar-refractivity contribution in [3.8, 4) is 0 Å². The molecule has 0 radical (unpaired) electrons. The fourth-order valence-electron chi connectivity index (χ4n) is 2.98. The van der Waals surface area contributed by atoms with Crippen LogP contribution in [0.3, 0.4) is 0 Å². The molecule has 88 valence electrons. The highest BCUT2D eigenvalue weighted by atomic mass is 16.6. The van der Waals surface area contributed by atoms with E-state index in [1.807, 2.05) is 0 Å². The first-order valence-electron chi connectivity index (χ1n) is 6.19. The van der Waals surface area contributed by atoms with Crippen LogP contribution in [0.5, 0.6) is 0 Å². The lowest BCUT2D eigenvalue weighted by Crippen LogP contribution is -2.40. The Kier molecular flexibility index (Phi) is 2.63. The Labute approximate surface area is 93.3 Å². The Morgan fingerprint density at radius 3 is 2.60 bits per heavy atom. The number of ether oxygens (including phenoxy) is 2. The molecule has 0 bridgehead atoms. The molecule has 2 aliphatic rings. The highest BCUT2D eigenvalue weighted by molar-refractivity contribution is 5.05. The summed E-state index contributed by atoms with van der Waals surface area (Å²) in [4.78, 5) is 0. The van der Waals surface area contributed by atoms with E-state index in [1.165, 1.54) is 19.3 Å². The summed E-state index contributed by atoms with van der Waals surface area (Å²) in [6.45, 7) is 10.9. The van der Waals surface area contributed by atoms with Gasteiger partial charge in [-0.2, -0.15) is 0 Å². The molecule has 1 heterocycles. The van der Waals surface area contributed by atoms with E-state index in [0.717, 1.165) is 0 Å². The van der Waals surface area contributed by atoms with Crippen molar-refractivity contribution < 1.29 is 9.47 Å². The molecule has 1 aliphatic carbocycles. The number of hydrogen-bond donors (Lipinski definition) is 0. The summed E-state index contributed by atoms with van der Waals surface area (Å²) < 4.78 is 11.8. The Balaban J connectivity index is 1.94. The van der Waals surface area contributed by atoms with Gasteiger partial charge in [-0.25, -0.2) is 0 Å². The van der Waals surface area contributed by atoms with Crippen LogP contribution >= 0.6 is 0 Å². The second-order valence-corrected chi connectivity index (χ2v) is 6.16. The highest BCUT2D eigenvalue weighted by Gasteiger charge is 2.57. The Morgan fingerprint density at radius 2 is 2.07 bits per heavy atom. The third-order valence-corrected chi connectivity index (χ3v) is 4.05. The molecule has 2 heteroatoms. The molecule has 2 nitrogen and oxygen atoms in total. The normalized spacial score (nSPS) is 40.4. The van der Waals surface area contributed by atoms with Gasteiger partial charge in [0.15, 0.2) is 0 Å². The van der Waals surface area contributed by atoms with E-state index < -0.39 is 0 Å². The number of epoxide rings is 1. The van der Waals surface area contributed by atoms with Crippen LogP contribution in [-0.2, 0) is 9.47 Å². The van der Waals surface area contributed by atoms with Gasteiger partial charge in [0.2, 0.25) is 0 Å². The minimum atomic E-state index is 0.00144. The third kappa shape index (κ3) is 2.21. The summed E-state index contributed by atoms with van der Waals surface area (Å²) >= 11 is 0. The number of rotatable bonds is 3. The zero-order valence-electron chi connectivity index (χ0n) is 10.7. The molecule has 2 rings (SSSR count). The maximum Gasteiger partial charge on any atom is 0.0920 e. The first-order chi connectivity index (χ1) is 6.83.